The maximum Gasteiger partial charge on any atom is 0.138 e. The van der Waals surface area contributed by atoms with Crippen LogP contribution in [0.1, 0.15) is 11.1 Å². The monoisotopic (exact) mass is 200 g/mol. The molecule has 76 valence electrons. The minimum absolute atomic E-state index is 0.922. The van der Waals surface area contributed by atoms with Crippen molar-refractivity contribution in [3.05, 3.63) is 42.0 Å². The summed E-state index contributed by atoms with van der Waals surface area (Å²) >= 11 is 0. The predicted octanol–water partition coefficient (Wildman–Crippen LogP) is 0.913. The second kappa shape index (κ2) is 3.47. The lowest BCUT2D eigenvalue weighted by atomic mass is 9.99. The summed E-state index contributed by atoms with van der Waals surface area (Å²) in [6, 6.07) is 6.36. The summed E-state index contributed by atoms with van der Waals surface area (Å²) < 4.78 is 1.83. The fourth-order valence-electron chi connectivity index (χ4n) is 2.04. The van der Waals surface area contributed by atoms with Crippen molar-refractivity contribution < 1.29 is 0 Å². The molecule has 0 saturated heterocycles. The summed E-state index contributed by atoms with van der Waals surface area (Å²) in [7, 11) is 0. The Hall–Kier alpha value is -1.68. The molecule has 0 bridgehead atoms. The van der Waals surface area contributed by atoms with E-state index in [0.717, 1.165) is 25.2 Å². The van der Waals surface area contributed by atoms with Gasteiger partial charge in [0.1, 0.15) is 12.7 Å². The fourth-order valence-corrected chi connectivity index (χ4v) is 2.04. The zero-order valence-electron chi connectivity index (χ0n) is 8.35. The summed E-state index contributed by atoms with van der Waals surface area (Å²) in [5.74, 6) is 0. The van der Waals surface area contributed by atoms with Gasteiger partial charge in [-0.25, -0.2) is 9.67 Å². The third-order valence-electron chi connectivity index (χ3n) is 2.79. The molecule has 15 heavy (non-hydrogen) atoms. The molecule has 2 aromatic rings. The van der Waals surface area contributed by atoms with E-state index in [0.29, 0.717) is 0 Å². The number of hydrogen-bond acceptors (Lipinski definition) is 3. The first-order valence-corrected chi connectivity index (χ1v) is 5.11. The van der Waals surface area contributed by atoms with E-state index in [1.807, 2.05) is 4.68 Å². The lowest BCUT2D eigenvalue weighted by molar-refractivity contribution is 0.637. The molecular formula is C11H12N4. The molecule has 0 fully saturated rings. The minimum Gasteiger partial charge on any atom is -0.312 e. The van der Waals surface area contributed by atoms with E-state index in [1.165, 1.54) is 11.1 Å². The Labute approximate surface area is 88.0 Å². The van der Waals surface area contributed by atoms with Crippen molar-refractivity contribution in [3.63, 3.8) is 0 Å². The standard InChI is InChI=1S/C11H12N4/c1-2-9-4-5-12-6-10(9)11(3-1)15-8-13-7-14-15/h1-3,7-8,12H,4-6H2. The highest BCUT2D eigenvalue weighted by atomic mass is 15.3. The van der Waals surface area contributed by atoms with Crippen molar-refractivity contribution >= 4 is 0 Å². The molecule has 3 rings (SSSR count). The van der Waals surface area contributed by atoms with Gasteiger partial charge in [-0.1, -0.05) is 12.1 Å². The summed E-state index contributed by atoms with van der Waals surface area (Å²) in [6.07, 6.45) is 4.40. The van der Waals surface area contributed by atoms with E-state index in [-0.39, 0.29) is 0 Å². The largest absolute Gasteiger partial charge is 0.312 e. The number of nitrogens with zero attached hydrogens (tertiary/aromatic N) is 3. The molecule has 2 heterocycles. The van der Waals surface area contributed by atoms with Gasteiger partial charge >= 0.3 is 0 Å². The predicted molar refractivity (Wildman–Crippen MR) is 56.8 cm³/mol. The van der Waals surface area contributed by atoms with Gasteiger partial charge in [0.15, 0.2) is 0 Å². The van der Waals surface area contributed by atoms with E-state index in [9.17, 15) is 0 Å². The number of rotatable bonds is 1. The maximum atomic E-state index is 4.17. The Bertz CT molecular complexity index is 461. The average Bonchev–Trinajstić information content (AvgIpc) is 2.82. The van der Waals surface area contributed by atoms with Gasteiger partial charge in [-0.15, -0.1) is 0 Å². The highest BCUT2D eigenvalue weighted by Gasteiger charge is 2.13. The van der Waals surface area contributed by atoms with Crippen molar-refractivity contribution in [2.45, 2.75) is 13.0 Å². The molecule has 0 unspecified atom stereocenters. The fraction of sp³-hybridized carbons (Fsp3) is 0.273. The molecule has 1 N–H and O–H groups in total. The molecule has 1 aromatic carbocycles. The van der Waals surface area contributed by atoms with E-state index >= 15 is 0 Å². The van der Waals surface area contributed by atoms with Gasteiger partial charge in [0.2, 0.25) is 0 Å². The molecule has 0 spiro atoms. The molecule has 0 radical (unpaired) electrons. The molecule has 0 amide bonds. The van der Waals surface area contributed by atoms with Gasteiger partial charge in [-0.2, -0.15) is 5.10 Å². The van der Waals surface area contributed by atoms with Crippen LogP contribution in [0, 0.1) is 0 Å². The normalized spacial score (nSPS) is 14.9. The molecule has 0 aliphatic carbocycles. The third kappa shape index (κ3) is 1.43. The van der Waals surface area contributed by atoms with Gasteiger partial charge in [0.25, 0.3) is 0 Å². The molecule has 1 aromatic heterocycles. The average molecular weight is 200 g/mol. The van der Waals surface area contributed by atoms with E-state index in [2.05, 4.69) is 33.6 Å². The summed E-state index contributed by atoms with van der Waals surface area (Å²) in [4.78, 5) is 3.98. The number of aromatic nitrogens is 3. The highest BCUT2D eigenvalue weighted by Crippen LogP contribution is 2.20. The van der Waals surface area contributed by atoms with Crippen molar-refractivity contribution in [1.82, 2.24) is 20.1 Å². The van der Waals surface area contributed by atoms with Gasteiger partial charge in [0, 0.05) is 6.54 Å². The number of benzene rings is 1. The zero-order chi connectivity index (χ0) is 10.1. The van der Waals surface area contributed by atoms with Gasteiger partial charge < -0.3 is 5.32 Å². The van der Waals surface area contributed by atoms with Crippen molar-refractivity contribution in [1.29, 1.82) is 0 Å². The van der Waals surface area contributed by atoms with E-state index in [4.69, 9.17) is 0 Å². The van der Waals surface area contributed by atoms with Crippen LogP contribution < -0.4 is 5.32 Å². The summed E-state index contributed by atoms with van der Waals surface area (Å²) in [5.41, 5.74) is 3.90. The lowest BCUT2D eigenvalue weighted by Gasteiger charge is -2.19. The first kappa shape index (κ1) is 8.61. The first-order valence-electron chi connectivity index (χ1n) is 5.11. The number of nitrogens with one attached hydrogen (secondary N) is 1. The highest BCUT2D eigenvalue weighted by molar-refractivity contribution is 5.46. The van der Waals surface area contributed by atoms with Crippen LogP contribution in [0.5, 0.6) is 0 Å². The van der Waals surface area contributed by atoms with Crippen LogP contribution in [0.4, 0.5) is 0 Å². The van der Waals surface area contributed by atoms with Crippen LogP contribution in [0.3, 0.4) is 0 Å². The van der Waals surface area contributed by atoms with Crippen LogP contribution in [-0.2, 0) is 13.0 Å². The maximum absolute atomic E-state index is 4.17. The molecule has 1 aliphatic rings. The number of fused-ring (bicyclic) bond motifs is 1. The second-order valence-corrected chi connectivity index (χ2v) is 3.68. The smallest absolute Gasteiger partial charge is 0.138 e. The van der Waals surface area contributed by atoms with Crippen LogP contribution >= 0.6 is 0 Å². The molecular weight excluding hydrogens is 188 g/mol. The molecule has 1 aliphatic heterocycles. The van der Waals surface area contributed by atoms with Crippen LogP contribution in [0.25, 0.3) is 5.69 Å². The lowest BCUT2D eigenvalue weighted by Crippen LogP contribution is -2.25. The SMILES string of the molecule is c1cc2c(c(-n3cncn3)c1)CNCC2. The van der Waals surface area contributed by atoms with Gasteiger partial charge in [0.05, 0.1) is 5.69 Å². The van der Waals surface area contributed by atoms with Crippen LogP contribution in [0.2, 0.25) is 0 Å². The number of hydrogen-bond donors (Lipinski definition) is 1. The van der Waals surface area contributed by atoms with Gasteiger partial charge in [-0.05, 0) is 30.2 Å². The van der Waals surface area contributed by atoms with Gasteiger partial charge in [-0.3, -0.25) is 0 Å². The minimum atomic E-state index is 0.922. The third-order valence-corrected chi connectivity index (χ3v) is 2.79. The Morgan fingerprint density at radius 2 is 2.33 bits per heavy atom. The zero-order valence-corrected chi connectivity index (χ0v) is 8.35. The molecule has 0 atom stereocenters. The first-order chi connectivity index (χ1) is 7.45. The van der Waals surface area contributed by atoms with E-state index < -0.39 is 0 Å². The van der Waals surface area contributed by atoms with Crippen LogP contribution in [0.15, 0.2) is 30.9 Å². The van der Waals surface area contributed by atoms with Crippen molar-refractivity contribution in [2.24, 2.45) is 0 Å². The van der Waals surface area contributed by atoms with E-state index in [1.54, 1.807) is 12.7 Å². The molecule has 4 heteroatoms. The Kier molecular flexibility index (Phi) is 1.99. The topological polar surface area (TPSA) is 42.7 Å². The Morgan fingerprint density at radius 3 is 3.20 bits per heavy atom. The Morgan fingerprint density at radius 1 is 1.33 bits per heavy atom. The second-order valence-electron chi connectivity index (χ2n) is 3.68. The van der Waals surface area contributed by atoms with Crippen molar-refractivity contribution in [3.8, 4) is 5.69 Å². The molecule has 0 saturated carbocycles. The van der Waals surface area contributed by atoms with Crippen LogP contribution in [-0.4, -0.2) is 21.3 Å². The Balaban J connectivity index is 2.15. The summed E-state index contributed by atoms with van der Waals surface area (Å²) in [5, 5.41) is 7.55. The molecule has 4 nitrogen and oxygen atoms in total. The summed E-state index contributed by atoms with van der Waals surface area (Å²) in [6.45, 7) is 1.99. The quantitative estimate of drug-likeness (QED) is 0.744. The van der Waals surface area contributed by atoms with Crippen molar-refractivity contribution in [2.75, 3.05) is 6.54 Å².